The van der Waals surface area contributed by atoms with Gasteiger partial charge in [-0.2, -0.15) is 8.42 Å². The fourth-order valence-corrected chi connectivity index (χ4v) is 13.3. The fraction of sp³-hybridized carbons (Fsp3) is 0.878. The molecule has 7 aliphatic rings. The number of esters is 1. The molecule has 3 saturated carbocycles. The van der Waals surface area contributed by atoms with E-state index in [0.29, 0.717) is 32.1 Å². The van der Waals surface area contributed by atoms with Gasteiger partial charge in [0.15, 0.2) is 12.6 Å². The van der Waals surface area contributed by atoms with Gasteiger partial charge in [0.1, 0.15) is 53.2 Å². The minimum absolute atomic E-state index is 0.0429. The zero-order valence-electron chi connectivity index (χ0n) is 35.1. The largest absolute Gasteiger partial charge is 0.455 e. The first-order valence-electron chi connectivity index (χ1n) is 20.8. The number of allylic oxidation sites excluding steroid dienone is 1. The second-order valence-electron chi connectivity index (χ2n) is 20.2. The van der Waals surface area contributed by atoms with Gasteiger partial charge >= 0.3 is 16.4 Å². The Morgan fingerprint density at radius 3 is 2.24 bits per heavy atom. The van der Waals surface area contributed by atoms with Gasteiger partial charge in [-0.3, -0.25) is 9.35 Å². The second-order valence-corrected chi connectivity index (χ2v) is 21.2. The molecule has 0 bridgehead atoms. The number of carbonyl (C=O) groups is 1. The molecule has 18 atom stereocenters. The molecule has 6 fully saturated rings. The van der Waals surface area contributed by atoms with Crippen LogP contribution in [-0.2, 0) is 43.1 Å². The van der Waals surface area contributed by atoms with Crippen LogP contribution < -0.4 is 0 Å². The molecule has 336 valence electrons. The van der Waals surface area contributed by atoms with E-state index in [2.05, 4.69) is 25.0 Å². The van der Waals surface area contributed by atoms with Gasteiger partial charge in [-0.15, -0.1) is 0 Å². The molecule has 0 amide bonds. The smallest absolute Gasteiger partial charge is 0.397 e. The van der Waals surface area contributed by atoms with Crippen LogP contribution in [0.15, 0.2) is 23.8 Å². The molecule has 3 saturated heterocycles. The summed E-state index contributed by atoms with van der Waals surface area (Å²) in [5, 5.41) is 78.1. The Morgan fingerprint density at radius 1 is 0.915 bits per heavy atom. The van der Waals surface area contributed by atoms with E-state index in [9.17, 15) is 53.5 Å². The minimum Gasteiger partial charge on any atom is -0.455 e. The summed E-state index contributed by atoms with van der Waals surface area (Å²) in [5.74, 6) is -0.823. The van der Waals surface area contributed by atoms with E-state index in [0.717, 1.165) is 5.57 Å². The third kappa shape index (κ3) is 6.82. The quantitative estimate of drug-likeness (QED) is 0.0700. The molecular weight excluding hydrogens is 797 g/mol. The molecule has 0 aromatic carbocycles. The predicted molar refractivity (Wildman–Crippen MR) is 205 cm³/mol. The molecule has 4 aliphatic carbocycles. The molecule has 17 nitrogen and oxygen atoms in total. The van der Waals surface area contributed by atoms with Crippen LogP contribution >= 0.6 is 0 Å². The van der Waals surface area contributed by atoms with Gasteiger partial charge in [0.25, 0.3) is 0 Å². The molecule has 1 spiro atoms. The van der Waals surface area contributed by atoms with Crippen LogP contribution in [0.4, 0.5) is 0 Å². The van der Waals surface area contributed by atoms with Crippen molar-refractivity contribution in [1.29, 1.82) is 0 Å². The number of aliphatic hydroxyl groups is 7. The second kappa shape index (κ2) is 14.7. The highest BCUT2D eigenvalue weighted by Gasteiger charge is 2.85. The number of hydrogen-bond acceptors (Lipinski definition) is 16. The number of aliphatic hydroxyl groups excluding tert-OH is 5. The first-order chi connectivity index (χ1) is 27.1. The number of cyclic esters (lactones) is 1. The number of hydrogen-bond donors (Lipinski definition) is 8. The first-order valence-corrected chi connectivity index (χ1v) is 22.2. The standard InChI is InChI=1S/C41H64O17S/c1-20-27(43)29(45)30(46)32(54-20)56-31-28(44)23(58-59(50,51)52)19-53-33(31)55-26-12-15-37(6)22-18-25(42)41-34(47)57-39(8,14-9-13-35(2,3)48)40(41,49)17-16-38(41,7)21(22)10-11-24(37)36(26,4)5/h9,13,18,20-21,23-33,42-46,48-49H,10-12,14-17,19H2,1-8H3,(H,50,51,52). The molecular formula is C41H64O17S. The molecule has 0 aromatic heterocycles. The predicted octanol–water partition coefficient (Wildman–Crippen LogP) is 1.19. The van der Waals surface area contributed by atoms with Crippen molar-refractivity contribution in [2.45, 2.75) is 185 Å². The Kier molecular flexibility index (Phi) is 11.3. The van der Waals surface area contributed by atoms with Crippen molar-refractivity contribution in [1.82, 2.24) is 0 Å². The molecule has 3 aliphatic heterocycles. The van der Waals surface area contributed by atoms with E-state index in [1.807, 2.05) is 6.92 Å². The third-order valence-electron chi connectivity index (χ3n) is 15.9. The summed E-state index contributed by atoms with van der Waals surface area (Å²) >= 11 is 0. The van der Waals surface area contributed by atoms with Crippen LogP contribution in [0.3, 0.4) is 0 Å². The Bertz CT molecular complexity index is 1810. The summed E-state index contributed by atoms with van der Waals surface area (Å²) in [6, 6.07) is 0. The molecule has 0 radical (unpaired) electrons. The van der Waals surface area contributed by atoms with Crippen molar-refractivity contribution < 1.29 is 81.4 Å². The van der Waals surface area contributed by atoms with Crippen molar-refractivity contribution in [2.75, 3.05) is 6.61 Å². The van der Waals surface area contributed by atoms with Crippen LogP contribution in [0.5, 0.6) is 0 Å². The Hall–Kier alpha value is -1.62. The van der Waals surface area contributed by atoms with Gasteiger partial charge < -0.3 is 59.4 Å². The van der Waals surface area contributed by atoms with E-state index in [1.165, 1.54) is 6.92 Å². The van der Waals surface area contributed by atoms with E-state index >= 15 is 0 Å². The zero-order chi connectivity index (χ0) is 43.7. The number of fused-ring (bicyclic) bond motifs is 4. The average molecular weight is 861 g/mol. The van der Waals surface area contributed by atoms with Gasteiger partial charge in [-0.1, -0.05) is 51.5 Å². The molecule has 7 rings (SSSR count). The lowest BCUT2D eigenvalue weighted by Crippen LogP contribution is -2.68. The number of carbonyl (C=O) groups excluding carboxylic acids is 1. The Balaban J connectivity index is 1.16. The van der Waals surface area contributed by atoms with E-state index in [-0.39, 0.29) is 24.7 Å². The molecule has 8 N–H and O–H groups in total. The average Bonchev–Trinajstić information content (AvgIpc) is 3.48. The van der Waals surface area contributed by atoms with Crippen molar-refractivity contribution in [2.24, 2.45) is 33.5 Å². The third-order valence-corrected chi connectivity index (χ3v) is 16.4. The highest BCUT2D eigenvalue weighted by molar-refractivity contribution is 7.80. The highest BCUT2D eigenvalue weighted by atomic mass is 32.3. The molecule has 0 aromatic rings. The van der Waals surface area contributed by atoms with Gasteiger partial charge in [-0.25, -0.2) is 4.18 Å². The van der Waals surface area contributed by atoms with E-state index in [1.54, 1.807) is 39.0 Å². The van der Waals surface area contributed by atoms with Gasteiger partial charge in [0, 0.05) is 6.42 Å². The van der Waals surface area contributed by atoms with Crippen LogP contribution in [0, 0.1) is 33.5 Å². The minimum atomic E-state index is -5.05. The lowest BCUT2D eigenvalue weighted by Gasteiger charge is -2.64. The van der Waals surface area contributed by atoms with Gasteiger partial charge in [0.05, 0.1) is 30.5 Å². The molecule has 59 heavy (non-hydrogen) atoms. The summed E-state index contributed by atoms with van der Waals surface area (Å²) < 4.78 is 67.6. The maximum Gasteiger partial charge on any atom is 0.397 e. The summed E-state index contributed by atoms with van der Waals surface area (Å²) in [5.41, 5.74) is -6.67. The zero-order valence-corrected chi connectivity index (χ0v) is 35.9. The van der Waals surface area contributed by atoms with Crippen LogP contribution in [0.2, 0.25) is 0 Å². The molecule has 3 heterocycles. The summed E-state index contributed by atoms with van der Waals surface area (Å²) in [7, 11) is -5.05. The number of rotatable bonds is 9. The Morgan fingerprint density at radius 2 is 1.59 bits per heavy atom. The van der Waals surface area contributed by atoms with Crippen LogP contribution in [0.1, 0.15) is 100 Å². The normalized spacial score (nSPS) is 51.0. The monoisotopic (exact) mass is 860 g/mol. The topological polar surface area (TPSA) is 268 Å². The Labute approximate surface area is 345 Å². The molecule has 18 heteroatoms. The van der Waals surface area contributed by atoms with Crippen molar-refractivity contribution in [3.8, 4) is 0 Å². The van der Waals surface area contributed by atoms with E-state index < -0.39 is 129 Å². The van der Waals surface area contributed by atoms with E-state index in [4.69, 9.17) is 23.7 Å². The maximum absolute atomic E-state index is 14.3. The van der Waals surface area contributed by atoms with Crippen LogP contribution in [-0.4, -0.2) is 146 Å². The van der Waals surface area contributed by atoms with Crippen LogP contribution in [0.25, 0.3) is 0 Å². The molecule has 18 unspecified atom stereocenters. The summed E-state index contributed by atoms with van der Waals surface area (Å²) in [6.07, 6.45) is -7.39. The maximum atomic E-state index is 14.3. The van der Waals surface area contributed by atoms with Gasteiger partial charge in [-0.05, 0) is 94.3 Å². The SMILES string of the molecule is CC1OC(OC2C(OC3CCC4(C)C5=CC(O)C67C(=O)OC(C)(CC=CC(C)(C)O)C6(O)CCC7(C)C5CCC4C3(C)C)OCC(OS(=O)(=O)O)C2O)C(O)C(O)C1O. The summed E-state index contributed by atoms with van der Waals surface area (Å²) in [6.45, 7) is 14.2. The highest BCUT2D eigenvalue weighted by Crippen LogP contribution is 2.77. The lowest BCUT2D eigenvalue weighted by molar-refractivity contribution is -0.362. The van der Waals surface area contributed by atoms with Gasteiger partial charge in [0.2, 0.25) is 0 Å². The van der Waals surface area contributed by atoms with Crippen molar-refractivity contribution in [3.05, 3.63) is 23.8 Å². The number of ether oxygens (including phenoxy) is 5. The lowest BCUT2D eigenvalue weighted by atomic mass is 9.40. The fourth-order valence-electron chi connectivity index (χ4n) is 12.8. The van der Waals surface area contributed by atoms with Crippen molar-refractivity contribution >= 4 is 16.4 Å². The van der Waals surface area contributed by atoms with Crippen molar-refractivity contribution in [3.63, 3.8) is 0 Å². The first kappa shape index (κ1) is 45.4. The summed E-state index contributed by atoms with van der Waals surface area (Å²) in [4.78, 5) is 14.3.